The number of hydrogen-bond acceptors (Lipinski definition) is 0. The lowest BCUT2D eigenvalue weighted by Crippen LogP contribution is -1.95. The Morgan fingerprint density at radius 1 is 0.704 bits per heavy atom. The first-order valence-electron chi connectivity index (χ1n) is 10.9. The number of hydrogen-bond donors (Lipinski definition) is 0. The normalized spacial score (nSPS) is 15.0. The highest BCUT2D eigenvalue weighted by Crippen LogP contribution is 2.25. The predicted octanol–water partition coefficient (Wildman–Crippen LogP) is 7.85. The first-order valence-corrected chi connectivity index (χ1v) is 10.9. The summed E-state index contributed by atoms with van der Waals surface area (Å²) < 4.78 is 0. The van der Waals surface area contributed by atoms with E-state index in [1.165, 1.54) is 81.8 Å². The van der Waals surface area contributed by atoms with Crippen molar-refractivity contribution in [3.05, 3.63) is 95.1 Å². The van der Waals surface area contributed by atoms with Crippen LogP contribution in [0, 0.1) is 0 Å². The summed E-state index contributed by atoms with van der Waals surface area (Å²) in [6.45, 7) is 0. The summed E-state index contributed by atoms with van der Waals surface area (Å²) in [6, 6.07) is 21.8. The van der Waals surface area contributed by atoms with E-state index in [4.69, 9.17) is 0 Å². The van der Waals surface area contributed by atoms with Gasteiger partial charge in [-0.2, -0.15) is 0 Å². The minimum atomic E-state index is 1.19. The van der Waals surface area contributed by atoms with Crippen molar-refractivity contribution >= 4 is 0 Å². The number of rotatable bonds is 9. The molecule has 0 unspecified atom stereocenters. The van der Waals surface area contributed by atoms with Gasteiger partial charge < -0.3 is 0 Å². The van der Waals surface area contributed by atoms with Gasteiger partial charge in [0.1, 0.15) is 0 Å². The SMILES string of the molecule is C(=C1CCCCC1)/C(=C/CCCc1ccccc1)CCCc1ccccc1. The maximum Gasteiger partial charge on any atom is -0.0276 e. The average molecular weight is 359 g/mol. The van der Waals surface area contributed by atoms with Crippen molar-refractivity contribution in [3.8, 4) is 0 Å². The average Bonchev–Trinajstić information content (AvgIpc) is 2.73. The van der Waals surface area contributed by atoms with Gasteiger partial charge in [-0.05, 0) is 75.3 Å². The zero-order valence-electron chi connectivity index (χ0n) is 16.7. The fraction of sp³-hybridized carbons (Fsp3) is 0.407. The molecule has 0 aromatic heterocycles. The van der Waals surface area contributed by atoms with Gasteiger partial charge in [-0.3, -0.25) is 0 Å². The second-order valence-electron chi connectivity index (χ2n) is 7.86. The maximum atomic E-state index is 2.55. The van der Waals surface area contributed by atoms with Crippen molar-refractivity contribution in [2.75, 3.05) is 0 Å². The zero-order chi connectivity index (χ0) is 18.6. The second kappa shape index (κ2) is 11.6. The monoisotopic (exact) mass is 358 g/mol. The Morgan fingerprint density at radius 2 is 1.30 bits per heavy atom. The van der Waals surface area contributed by atoms with Crippen molar-refractivity contribution in [2.24, 2.45) is 0 Å². The van der Waals surface area contributed by atoms with E-state index in [1.54, 1.807) is 11.1 Å². The molecule has 0 heteroatoms. The molecule has 0 aliphatic heterocycles. The van der Waals surface area contributed by atoms with Crippen LogP contribution in [0.1, 0.15) is 68.9 Å². The minimum Gasteiger partial charge on any atom is -0.0813 e. The van der Waals surface area contributed by atoms with Crippen LogP contribution in [0.15, 0.2) is 84.0 Å². The number of aryl methyl sites for hydroxylation is 2. The van der Waals surface area contributed by atoms with E-state index in [0.29, 0.717) is 0 Å². The van der Waals surface area contributed by atoms with Crippen LogP contribution in [-0.4, -0.2) is 0 Å². The molecule has 1 aliphatic carbocycles. The Morgan fingerprint density at radius 3 is 1.93 bits per heavy atom. The Hall–Kier alpha value is -2.08. The summed E-state index contributed by atoms with van der Waals surface area (Å²) in [5.41, 5.74) is 6.19. The quantitative estimate of drug-likeness (QED) is 0.400. The molecule has 27 heavy (non-hydrogen) atoms. The Kier molecular flexibility index (Phi) is 8.45. The van der Waals surface area contributed by atoms with Crippen LogP contribution < -0.4 is 0 Å². The van der Waals surface area contributed by atoms with Crippen molar-refractivity contribution in [2.45, 2.75) is 70.6 Å². The third kappa shape index (κ3) is 7.59. The molecule has 0 spiro atoms. The maximum absolute atomic E-state index is 2.55. The summed E-state index contributed by atoms with van der Waals surface area (Å²) in [4.78, 5) is 0. The van der Waals surface area contributed by atoms with E-state index in [1.807, 2.05) is 0 Å². The van der Waals surface area contributed by atoms with Gasteiger partial charge in [-0.25, -0.2) is 0 Å². The molecule has 0 bridgehead atoms. The van der Waals surface area contributed by atoms with Crippen LogP contribution in [0.5, 0.6) is 0 Å². The van der Waals surface area contributed by atoms with Gasteiger partial charge in [0.05, 0.1) is 0 Å². The largest absolute Gasteiger partial charge is 0.0813 e. The van der Waals surface area contributed by atoms with Gasteiger partial charge in [-0.15, -0.1) is 0 Å². The fourth-order valence-electron chi connectivity index (χ4n) is 4.03. The summed E-state index contributed by atoms with van der Waals surface area (Å²) in [6.07, 6.45) is 19.2. The van der Waals surface area contributed by atoms with E-state index >= 15 is 0 Å². The topological polar surface area (TPSA) is 0 Å². The van der Waals surface area contributed by atoms with Crippen LogP contribution in [0.2, 0.25) is 0 Å². The van der Waals surface area contributed by atoms with E-state index in [9.17, 15) is 0 Å². The summed E-state index contributed by atoms with van der Waals surface area (Å²) in [5, 5.41) is 0. The molecule has 0 amide bonds. The van der Waals surface area contributed by atoms with Crippen molar-refractivity contribution < 1.29 is 0 Å². The molecule has 142 valence electrons. The number of unbranched alkanes of at least 4 members (excludes halogenated alkanes) is 1. The van der Waals surface area contributed by atoms with Gasteiger partial charge in [0, 0.05) is 0 Å². The van der Waals surface area contributed by atoms with Crippen molar-refractivity contribution in [1.82, 2.24) is 0 Å². The summed E-state index contributed by atoms with van der Waals surface area (Å²) in [7, 11) is 0. The first kappa shape index (κ1) is 19.7. The number of benzene rings is 2. The third-order valence-electron chi connectivity index (χ3n) is 5.58. The molecule has 2 aromatic rings. The lowest BCUT2D eigenvalue weighted by molar-refractivity contribution is 0.598. The minimum absolute atomic E-state index is 1.19. The molecule has 0 nitrogen and oxygen atoms in total. The molecule has 3 rings (SSSR count). The van der Waals surface area contributed by atoms with Gasteiger partial charge in [-0.1, -0.05) is 90.4 Å². The van der Waals surface area contributed by atoms with E-state index < -0.39 is 0 Å². The lowest BCUT2D eigenvalue weighted by atomic mass is 9.92. The number of allylic oxidation sites excluding steroid dienone is 4. The molecule has 0 radical (unpaired) electrons. The highest BCUT2D eigenvalue weighted by molar-refractivity contribution is 5.25. The van der Waals surface area contributed by atoms with Gasteiger partial charge in [0.2, 0.25) is 0 Å². The van der Waals surface area contributed by atoms with E-state index in [2.05, 4.69) is 72.8 Å². The van der Waals surface area contributed by atoms with E-state index in [-0.39, 0.29) is 0 Å². The lowest BCUT2D eigenvalue weighted by Gasteiger charge is -2.15. The van der Waals surface area contributed by atoms with Crippen molar-refractivity contribution in [3.63, 3.8) is 0 Å². The molecule has 0 N–H and O–H groups in total. The third-order valence-corrected chi connectivity index (χ3v) is 5.58. The van der Waals surface area contributed by atoms with Crippen molar-refractivity contribution in [1.29, 1.82) is 0 Å². The highest BCUT2D eigenvalue weighted by Gasteiger charge is 2.06. The molecule has 1 saturated carbocycles. The van der Waals surface area contributed by atoms with Gasteiger partial charge in [0.25, 0.3) is 0 Å². The van der Waals surface area contributed by atoms with Crippen LogP contribution in [0.25, 0.3) is 0 Å². The van der Waals surface area contributed by atoms with Crippen LogP contribution in [0.4, 0.5) is 0 Å². The summed E-state index contributed by atoms with van der Waals surface area (Å²) in [5.74, 6) is 0. The molecule has 0 saturated heterocycles. The Bertz CT molecular complexity index is 698. The molecule has 0 atom stereocenters. The van der Waals surface area contributed by atoms with Gasteiger partial charge >= 0.3 is 0 Å². The second-order valence-corrected chi connectivity index (χ2v) is 7.86. The highest BCUT2D eigenvalue weighted by atomic mass is 14.1. The fourth-order valence-corrected chi connectivity index (χ4v) is 4.03. The molecular weight excluding hydrogens is 324 g/mol. The molecule has 0 heterocycles. The van der Waals surface area contributed by atoms with Crippen LogP contribution >= 0.6 is 0 Å². The smallest absolute Gasteiger partial charge is 0.0276 e. The van der Waals surface area contributed by atoms with Crippen LogP contribution in [-0.2, 0) is 12.8 Å². The zero-order valence-corrected chi connectivity index (χ0v) is 16.7. The van der Waals surface area contributed by atoms with E-state index in [0.717, 1.165) is 0 Å². The molecule has 1 fully saturated rings. The Labute approximate surface area is 166 Å². The Balaban J connectivity index is 1.53. The van der Waals surface area contributed by atoms with Crippen LogP contribution in [0.3, 0.4) is 0 Å². The van der Waals surface area contributed by atoms with Gasteiger partial charge in [0.15, 0.2) is 0 Å². The standard InChI is InChI=1S/C27H34/c1-4-13-24(14-5-1)17-10-11-20-27(23-26-18-8-3-9-19-26)22-12-21-25-15-6-2-7-16-25/h1-2,4-7,13-16,20,23H,3,8-12,17-19,21-22H2/b27-20+. The molecular formula is C27H34. The molecule has 2 aromatic carbocycles. The molecule has 1 aliphatic rings. The first-order chi connectivity index (χ1) is 13.4. The predicted molar refractivity (Wildman–Crippen MR) is 118 cm³/mol. The summed E-state index contributed by atoms with van der Waals surface area (Å²) >= 11 is 0.